The first-order valence-corrected chi connectivity index (χ1v) is 12.1. The topological polar surface area (TPSA) is 44.8 Å². The maximum Gasteiger partial charge on any atom is 0.185 e. The van der Waals surface area contributed by atoms with Gasteiger partial charge in [-0.1, -0.05) is 45.8 Å². The third-order valence-corrected chi connectivity index (χ3v) is 5.06. The molecule has 0 aliphatic rings. The molecular formula is C29H38O4. The molecule has 2 rings (SSSR count). The highest BCUT2D eigenvalue weighted by Gasteiger charge is 2.13. The normalized spacial score (nSPS) is 10.9. The monoisotopic (exact) mass is 450 g/mol. The Kier molecular flexibility index (Phi) is 11.9. The summed E-state index contributed by atoms with van der Waals surface area (Å²) < 4.78 is 17.8. The predicted octanol–water partition coefficient (Wildman–Crippen LogP) is 7.46. The zero-order valence-corrected chi connectivity index (χ0v) is 20.4. The van der Waals surface area contributed by atoms with E-state index in [-0.39, 0.29) is 5.78 Å². The second-order valence-corrected chi connectivity index (χ2v) is 7.97. The molecule has 0 bridgehead atoms. The fraction of sp³-hybridized carbons (Fsp3) is 0.414. The number of unbranched alkanes of at least 4 members (excludes halogenated alkanes) is 2. The van der Waals surface area contributed by atoms with Crippen LogP contribution in [0.4, 0.5) is 0 Å². The van der Waals surface area contributed by atoms with Gasteiger partial charge in [-0.05, 0) is 73.7 Å². The minimum Gasteiger partial charge on any atom is -0.494 e. The van der Waals surface area contributed by atoms with Gasteiger partial charge in [-0.2, -0.15) is 0 Å². The van der Waals surface area contributed by atoms with Crippen LogP contribution in [0.1, 0.15) is 74.4 Å². The van der Waals surface area contributed by atoms with E-state index in [9.17, 15) is 4.79 Å². The van der Waals surface area contributed by atoms with Crippen LogP contribution in [0.5, 0.6) is 17.2 Å². The van der Waals surface area contributed by atoms with Gasteiger partial charge in [-0.15, -0.1) is 6.58 Å². The van der Waals surface area contributed by atoms with Crippen molar-refractivity contribution >= 4 is 11.9 Å². The quantitative estimate of drug-likeness (QED) is 0.115. The molecule has 0 fully saturated rings. The fourth-order valence-corrected chi connectivity index (χ4v) is 3.21. The minimum absolute atomic E-state index is 0.0564. The van der Waals surface area contributed by atoms with Crippen molar-refractivity contribution in [3.05, 3.63) is 71.8 Å². The molecule has 0 amide bonds. The molecule has 4 nitrogen and oxygen atoms in total. The van der Waals surface area contributed by atoms with Gasteiger partial charge in [-0.3, -0.25) is 4.79 Å². The lowest BCUT2D eigenvalue weighted by molar-refractivity contribution is 0.104. The Hall–Kier alpha value is -3.01. The van der Waals surface area contributed by atoms with E-state index in [1.807, 2.05) is 36.4 Å². The number of benzene rings is 2. The number of rotatable bonds is 16. The Balaban J connectivity index is 2.24. The van der Waals surface area contributed by atoms with Gasteiger partial charge in [-0.25, -0.2) is 0 Å². The van der Waals surface area contributed by atoms with Crippen LogP contribution < -0.4 is 14.2 Å². The highest BCUT2D eigenvalue weighted by molar-refractivity contribution is 6.06. The maximum absolute atomic E-state index is 12.7. The van der Waals surface area contributed by atoms with Gasteiger partial charge in [0.05, 0.1) is 19.8 Å². The van der Waals surface area contributed by atoms with Crippen molar-refractivity contribution in [1.82, 2.24) is 0 Å². The van der Waals surface area contributed by atoms with Crippen LogP contribution in [0.15, 0.2) is 55.1 Å². The van der Waals surface area contributed by atoms with Crippen molar-refractivity contribution in [2.24, 2.45) is 0 Å². The first kappa shape index (κ1) is 26.2. The van der Waals surface area contributed by atoms with Gasteiger partial charge >= 0.3 is 0 Å². The summed E-state index contributed by atoms with van der Waals surface area (Å²) in [6, 6.07) is 11.3. The van der Waals surface area contributed by atoms with Crippen molar-refractivity contribution in [1.29, 1.82) is 0 Å². The minimum atomic E-state index is -0.0564. The van der Waals surface area contributed by atoms with Gasteiger partial charge in [0, 0.05) is 11.1 Å². The summed E-state index contributed by atoms with van der Waals surface area (Å²) in [4.78, 5) is 12.7. The number of ether oxygens (including phenoxy) is 3. The molecule has 0 spiro atoms. The molecule has 0 heterocycles. The van der Waals surface area contributed by atoms with E-state index in [2.05, 4.69) is 27.4 Å². The Bertz CT molecular complexity index is 897. The average molecular weight is 451 g/mol. The number of hydrogen-bond donors (Lipinski definition) is 0. The van der Waals surface area contributed by atoms with Crippen LogP contribution >= 0.6 is 0 Å². The third-order valence-electron chi connectivity index (χ3n) is 5.06. The largest absolute Gasteiger partial charge is 0.494 e. The molecule has 178 valence electrons. The molecule has 0 saturated heterocycles. The van der Waals surface area contributed by atoms with Crippen LogP contribution in [0.2, 0.25) is 0 Å². The van der Waals surface area contributed by atoms with E-state index in [0.717, 1.165) is 60.5 Å². The standard InChI is InChI=1S/C29H38O4/c1-5-9-19-32-28-22-23(21-25(11-7-3)29(28)33-20-10-6-2)12-17-27(30)24-13-15-26(16-14-24)31-18-8-4/h7,12-17,21-22H,3,5-6,8-11,18-20H2,1-2,4H3. The molecule has 0 radical (unpaired) electrons. The van der Waals surface area contributed by atoms with Crippen molar-refractivity contribution < 1.29 is 19.0 Å². The molecule has 2 aromatic rings. The highest BCUT2D eigenvalue weighted by atomic mass is 16.5. The van der Waals surface area contributed by atoms with E-state index in [1.165, 1.54) is 0 Å². The first-order chi connectivity index (χ1) is 16.1. The van der Waals surface area contributed by atoms with E-state index in [1.54, 1.807) is 18.2 Å². The molecule has 0 saturated carbocycles. The number of carbonyl (C=O) groups excluding carboxylic acids is 1. The summed E-state index contributed by atoms with van der Waals surface area (Å²) in [6.45, 7) is 12.2. The summed E-state index contributed by atoms with van der Waals surface area (Å²) in [5, 5.41) is 0. The lowest BCUT2D eigenvalue weighted by atomic mass is 10.0. The Morgan fingerprint density at radius 2 is 1.58 bits per heavy atom. The van der Waals surface area contributed by atoms with E-state index >= 15 is 0 Å². The first-order valence-electron chi connectivity index (χ1n) is 12.1. The summed E-state index contributed by atoms with van der Waals surface area (Å²) in [5.41, 5.74) is 2.54. The lowest BCUT2D eigenvalue weighted by Crippen LogP contribution is -2.05. The fourth-order valence-electron chi connectivity index (χ4n) is 3.21. The molecule has 0 aromatic heterocycles. The van der Waals surface area contributed by atoms with Crippen LogP contribution in [0.3, 0.4) is 0 Å². The summed E-state index contributed by atoms with van der Waals surface area (Å²) >= 11 is 0. The zero-order valence-electron chi connectivity index (χ0n) is 20.4. The molecule has 0 N–H and O–H groups in total. The van der Waals surface area contributed by atoms with Crippen molar-refractivity contribution in [3.63, 3.8) is 0 Å². The predicted molar refractivity (Wildman–Crippen MR) is 137 cm³/mol. The zero-order chi connectivity index (χ0) is 23.9. The number of carbonyl (C=O) groups is 1. The lowest BCUT2D eigenvalue weighted by Gasteiger charge is -2.17. The molecule has 33 heavy (non-hydrogen) atoms. The maximum atomic E-state index is 12.7. The van der Waals surface area contributed by atoms with E-state index < -0.39 is 0 Å². The average Bonchev–Trinajstić information content (AvgIpc) is 2.83. The Morgan fingerprint density at radius 3 is 2.21 bits per heavy atom. The SMILES string of the molecule is C=CCc1cc(C=CC(=O)c2ccc(OCCC)cc2)cc(OCCCC)c1OCCCC. The van der Waals surface area contributed by atoms with Gasteiger partial charge in [0.1, 0.15) is 5.75 Å². The van der Waals surface area contributed by atoms with Crippen LogP contribution in [0, 0.1) is 0 Å². The summed E-state index contributed by atoms with van der Waals surface area (Å²) in [5.74, 6) is 2.23. The molecule has 2 aromatic carbocycles. The van der Waals surface area contributed by atoms with E-state index in [0.29, 0.717) is 31.8 Å². The van der Waals surface area contributed by atoms with E-state index in [4.69, 9.17) is 14.2 Å². The van der Waals surface area contributed by atoms with Crippen LogP contribution in [-0.2, 0) is 6.42 Å². The Morgan fingerprint density at radius 1 is 0.879 bits per heavy atom. The number of allylic oxidation sites excluding steroid dienone is 2. The second kappa shape index (κ2) is 14.9. The number of ketones is 1. The van der Waals surface area contributed by atoms with Crippen molar-refractivity contribution in [3.8, 4) is 17.2 Å². The highest BCUT2D eigenvalue weighted by Crippen LogP contribution is 2.35. The van der Waals surface area contributed by atoms with Crippen molar-refractivity contribution in [2.45, 2.75) is 59.3 Å². The van der Waals surface area contributed by atoms with Crippen molar-refractivity contribution in [2.75, 3.05) is 19.8 Å². The second-order valence-electron chi connectivity index (χ2n) is 7.97. The van der Waals surface area contributed by atoms with Gasteiger partial charge < -0.3 is 14.2 Å². The van der Waals surface area contributed by atoms with Gasteiger partial charge in [0.25, 0.3) is 0 Å². The third kappa shape index (κ3) is 8.80. The van der Waals surface area contributed by atoms with Crippen LogP contribution in [-0.4, -0.2) is 25.6 Å². The van der Waals surface area contributed by atoms with Gasteiger partial charge in [0.2, 0.25) is 0 Å². The summed E-state index contributed by atoms with van der Waals surface area (Å²) in [7, 11) is 0. The van der Waals surface area contributed by atoms with Gasteiger partial charge in [0.15, 0.2) is 17.3 Å². The summed E-state index contributed by atoms with van der Waals surface area (Å²) in [6.07, 6.45) is 11.0. The Labute approximate surface area is 199 Å². The van der Waals surface area contributed by atoms with Crippen LogP contribution in [0.25, 0.3) is 6.08 Å². The molecular weight excluding hydrogens is 412 g/mol. The molecule has 4 heteroatoms. The number of hydrogen-bond acceptors (Lipinski definition) is 4. The molecule has 0 aliphatic carbocycles. The molecule has 0 aliphatic heterocycles. The molecule has 0 unspecified atom stereocenters. The smallest absolute Gasteiger partial charge is 0.185 e. The molecule has 0 atom stereocenters.